The normalized spacial score (nSPS) is 12.9. The van der Waals surface area contributed by atoms with E-state index < -0.39 is 28.1 Å². The molecule has 8 nitrogen and oxygen atoms in total. The minimum atomic E-state index is -4.05. The van der Waals surface area contributed by atoms with Gasteiger partial charge in [0.15, 0.2) is 0 Å². The molecule has 0 unspecified atom stereocenters. The van der Waals surface area contributed by atoms with Crippen LogP contribution in [0.15, 0.2) is 77.7 Å². The molecule has 0 aromatic heterocycles. The number of anilines is 1. The number of hydrogen-bond donors (Lipinski definition) is 2. The number of benzene rings is 3. The highest BCUT2D eigenvalue weighted by Gasteiger charge is 2.35. The van der Waals surface area contributed by atoms with Crippen LogP contribution in [0.3, 0.4) is 0 Å². The van der Waals surface area contributed by atoms with Gasteiger partial charge in [-0.2, -0.15) is 4.72 Å². The van der Waals surface area contributed by atoms with Crippen LogP contribution in [0.25, 0.3) is 0 Å². The summed E-state index contributed by atoms with van der Waals surface area (Å²) in [5.41, 5.74) is 2.14. The highest BCUT2D eigenvalue weighted by atomic mass is 32.2. The van der Waals surface area contributed by atoms with Crippen LogP contribution < -0.4 is 19.5 Å². The third-order valence-corrected chi connectivity index (χ3v) is 6.82. The molecule has 0 aliphatic rings. The topological polar surface area (TPSA) is 103 Å². The van der Waals surface area contributed by atoms with Crippen LogP contribution in [-0.4, -0.2) is 41.3 Å². The lowest BCUT2D eigenvalue weighted by Gasteiger charge is -2.29. The van der Waals surface area contributed by atoms with E-state index in [1.165, 1.54) is 19.2 Å². The molecule has 0 bridgehead atoms. The smallest absolute Gasteiger partial charge is 0.326 e. The molecule has 9 heteroatoms. The second-order valence-corrected chi connectivity index (χ2v) is 9.48. The molecule has 0 amide bonds. The first-order valence-electron chi connectivity index (χ1n) is 11.1. The van der Waals surface area contributed by atoms with Crippen LogP contribution in [0, 0.1) is 6.92 Å². The van der Waals surface area contributed by atoms with E-state index >= 15 is 0 Å². The van der Waals surface area contributed by atoms with Gasteiger partial charge in [0.25, 0.3) is 0 Å². The highest BCUT2D eigenvalue weighted by molar-refractivity contribution is 7.89. The molecule has 0 heterocycles. The van der Waals surface area contributed by atoms with Crippen LogP contribution in [0.2, 0.25) is 0 Å². The summed E-state index contributed by atoms with van der Waals surface area (Å²) < 4.78 is 45.1. The van der Waals surface area contributed by atoms with Gasteiger partial charge in [0, 0.05) is 6.07 Å². The maximum atomic E-state index is 13.3. The van der Waals surface area contributed by atoms with E-state index in [1.807, 2.05) is 25.1 Å². The van der Waals surface area contributed by atoms with Crippen molar-refractivity contribution in [1.29, 1.82) is 0 Å². The van der Waals surface area contributed by atoms with Crippen molar-refractivity contribution in [3.63, 3.8) is 0 Å². The number of carbonyl (C=O) groups is 1. The van der Waals surface area contributed by atoms with Crippen molar-refractivity contribution in [2.24, 2.45) is 0 Å². The Kier molecular flexibility index (Phi) is 8.73. The Morgan fingerprint density at radius 2 is 1.63 bits per heavy atom. The molecule has 0 saturated carbocycles. The van der Waals surface area contributed by atoms with Crippen molar-refractivity contribution in [2.45, 2.75) is 30.8 Å². The largest absolute Gasteiger partial charge is 0.497 e. The molecule has 0 aliphatic carbocycles. The summed E-state index contributed by atoms with van der Waals surface area (Å²) in [6, 6.07) is 18.5. The summed E-state index contributed by atoms with van der Waals surface area (Å²) in [4.78, 5) is 13.2. The molecule has 3 rings (SSSR count). The number of ether oxygens (including phenoxy) is 3. The summed E-state index contributed by atoms with van der Waals surface area (Å²) in [7, 11) is -0.992. The average molecular weight is 499 g/mol. The Morgan fingerprint density at radius 1 is 0.943 bits per heavy atom. The Morgan fingerprint density at radius 3 is 2.23 bits per heavy atom. The molecule has 0 saturated heterocycles. The quantitative estimate of drug-likeness (QED) is 0.384. The zero-order chi connectivity index (χ0) is 25.4. The van der Waals surface area contributed by atoms with Crippen LogP contribution >= 0.6 is 0 Å². The van der Waals surface area contributed by atoms with Crippen LogP contribution in [-0.2, 0) is 19.6 Å². The first-order valence-corrected chi connectivity index (χ1v) is 12.6. The van der Waals surface area contributed by atoms with Crippen LogP contribution in [0.5, 0.6) is 11.5 Å². The van der Waals surface area contributed by atoms with E-state index in [0.29, 0.717) is 22.7 Å². The van der Waals surface area contributed by atoms with Crippen LogP contribution in [0.1, 0.15) is 24.1 Å². The summed E-state index contributed by atoms with van der Waals surface area (Å²) in [5, 5.41) is 3.28. The van der Waals surface area contributed by atoms with Gasteiger partial charge < -0.3 is 19.5 Å². The van der Waals surface area contributed by atoms with Gasteiger partial charge in [0.05, 0.1) is 37.5 Å². The van der Waals surface area contributed by atoms with Crippen molar-refractivity contribution in [3.8, 4) is 11.5 Å². The number of nitrogens with one attached hydrogen (secondary N) is 2. The molecule has 3 aromatic rings. The van der Waals surface area contributed by atoms with E-state index in [0.717, 1.165) is 5.56 Å². The Hall–Kier alpha value is -3.56. The third kappa shape index (κ3) is 6.52. The minimum Gasteiger partial charge on any atom is -0.497 e. The fourth-order valence-corrected chi connectivity index (χ4v) is 4.74. The molecule has 186 valence electrons. The molecule has 2 N–H and O–H groups in total. The van der Waals surface area contributed by atoms with Crippen molar-refractivity contribution in [2.75, 3.05) is 26.1 Å². The molecule has 2 atom stereocenters. The molecular weight excluding hydrogens is 468 g/mol. The van der Waals surface area contributed by atoms with Crippen molar-refractivity contribution in [3.05, 3.63) is 83.9 Å². The lowest BCUT2D eigenvalue weighted by Crippen LogP contribution is -2.48. The van der Waals surface area contributed by atoms with Gasteiger partial charge in [-0.15, -0.1) is 0 Å². The zero-order valence-corrected chi connectivity index (χ0v) is 21.0. The molecule has 35 heavy (non-hydrogen) atoms. The lowest BCUT2D eigenvalue weighted by molar-refractivity contribution is -0.145. The number of esters is 1. The summed E-state index contributed by atoms with van der Waals surface area (Å²) in [5.74, 6) is 0.344. The van der Waals surface area contributed by atoms with Crippen LogP contribution in [0.4, 0.5) is 5.69 Å². The number of rotatable bonds is 11. The number of hydrogen-bond acceptors (Lipinski definition) is 7. The maximum absolute atomic E-state index is 13.3. The van der Waals surface area contributed by atoms with Crippen molar-refractivity contribution in [1.82, 2.24) is 4.72 Å². The number of aryl methyl sites for hydroxylation is 1. The summed E-state index contributed by atoms with van der Waals surface area (Å²) in [6.07, 6.45) is 0. The average Bonchev–Trinajstić information content (AvgIpc) is 2.87. The first kappa shape index (κ1) is 26.1. The number of carbonyl (C=O) groups excluding carboxylic acids is 1. The van der Waals surface area contributed by atoms with Gasteiger partial charge in [-0.05, 0) is 43.7 Å². The predicted molar refractivity (Wildman–Crippen MR) is 134 cm³/mol. The zero-order valence-electron chi connectivity index (χ0n) is 20.1. The van der Waals surface area contributed by atoms with Gasteiger partial charge in [-0.3, -0.25) is 4.79 Å². The van der Waals surface area contributed by atoms with Gasteiger partial charge in [0.1, 0.15) is 17.5 Å². The Balaban J connectivity index is 2.07. The summed E-state index contributed by atoms with van der Waals surface area (Å²) in [6.45, 7) is 3.62. The minimum absolute atomic E-state index is 0.0474. The highest BCUT2D eigenvalue weighted by Crippen LogP contribution is 2.33. The van der Waals surface area contributed by atoms with Gasteiger partial charge in [0.2, 0.25) is 10.0 Å². The molecule has 0 spiro atoms. The molecule has 0 aliphatic heterocycles. The van der Waals surface area contributed by atoms with E-state index in [4.69, 9.17) is 14.2 Å². The Labute approximate surface area is 206 Å². The van der Waals surface area contributed by atoms with Gasteiger partial charge in [-0.1, -0.05) is 48.0 Å². The van der Waals surface area contributed by atoms with E-state index in [-0.39, 0.29) is 11.5 Å². The molecule has 3 aromatic carbocycles. The van der Waals surface area contributed by atoms with E-state index in [1.54, 1.807) is 56.5 Å². The Bertz CT molecular complexity index is 1230. The predicted octanol–water partition coefficient (Wildman–Crippen LogP) is 4.08. The molecular formula is C26H30N2O6S. The monoisotopic (exact) mass is 498 g/mol. The van der Waals surface area contributed by atoms with Gasteiger partial charge >= 0.3 is 5.97 Å². The summed E-state index contributed by atoms with van der Waals surface area (Å²) >= 11 is 0. The second-order valence-electron chi connectivity index (χ2n) is 7.76. The fraction of sp³-hybridized carbons (Fsp3) is 0.269. The SMILES string of the molecule is CCOC(=O)[C@H](NS(=O)(=O)c1ccc(C)cc1)[C@@H](Nc1ccc(OC)cc1OC)c1ccccc1. The third-order valence-electron chi connectivity index (χ3n) is 5.37. The molecule has 0 fully saturated rings. The second kappa shape index (κ2) is 11.7. The van der Waals surface area contributed by atoms with Crippen molar-refractivity contribution < 1.29 is 27.4 Å². The van der Waals surface area contributed by atoms with Gasteiger partial charge in [-0.25, -0.2) is 8.42 Å². The van der Waals surface area contributed by atoms with Crippen molar-refractivity contribution >= 4 is 21.7 Å². The maximum Gasteiger partial charge on any atom is 0.326 e. The lowest BCUT2D eigenvalue weighted by atomic mass is 9.99. The standard InChI is InChI=1S/C26H30N2O6S/c1-5-34-26(29)25(28-35(30,31)21-14-11-18(2)12-15-21)24(19-9-7-6-8-10-19)27-22-16-13-20(32-3)17-23(22)33-4/h6-17,24-25,27-28H,5H2,1-4H3/t24-,25+/m0/s1. The molecule has 0 radical (unpaired) electrons. The van der Waals surface area contributed by atoms with E-state index in [9.17, 15) is 13.2 Å². The first-order chi connectivity index (χ1) is 16.8. The fourth-order valence-electron chi connectivity index (χ4n) is 3.54. The van der Waals surface area contributed by atoms with E-state index in [2.05, 4.69) is 10.0 Å². The number of sulfonamides is 1. The number of methoxy groups -OCH3 is 2.